The summed E-state index contributed by atoms with van der Waals surface area (Å²) in [5, 5.41) is 12.7. The van der Waals surface area contributed by atoms with Crippen LogP contribution in [0.5, 0.6) is 0 Å². The Labute approximate surface area is 109 Å². The van der Waals surface area contributed by atoms with Gasteiger partial charge < -0.3 is 4.90 Å². The van der Waals surface area contributed by atoms with Gasteiger partial charge in [-0.2, -0.15) is 0 Å². The fourth-order valence-corrected chi connectivity index (χ4v) is 1.26. The summed E-state index contributed by atoms with van der Waals surface area (Å²) in [4.78, 5) is 34.6. The molecular weight excluding hydrogens is 250 g/mol. The van der Waals surface area contributed by atoms with E-state index in [1.165, 1.54) is 31.1 Å². The van der Waals surface area contributed by atoms with E-state index in [1.54, 1.807) is 18.2 Å². The van der Waals surface area contributed by atoms with Gasteiger partial charge in [0.1, 0.15) is 0 Å². The molecule has 0 heterocycles. The van der Waals surface area contributed by atoms with Gasteiger partial charge in [-0.3, -0.25) is 25.0 Å². The normalized spacial score (nSPS) is 10.7. The van der Waals surface area contributed by atoms with Crippen molar-refractivity contribution in [2.45, 2.75) is 0 Å². The molecular formula is C12H13N3O4. The minimum absolute atomic E-state index is 0.253. The minimum atomic E-state index is -1.05. The van der Waals surface area contributed by atoms with Crippen molar-refractivity contribution in [2.24, 2.45) is 0 Å². The number of hydrogen-bond donors (Lipinski definition) is 1. The molecule has 0 spiro atoms. The summed E-state index contributed by atoms with van der Waals surface area (Å²) in [6, 6.07) is 7.98. The zero-order chi connectivity index (χ0) is 14.4. The van der Waals surface area contributed by atoms with E-state index in [0.29, 0.717) is 0 Å². The van der Waals surface area contributed by atoms with Crippen LogP contribution in [-0.2, 0) is 4.79 Å². The van der Waals surface area contributed by atoms with Gasteiger partial charge in [0.15, 0.2) is 0 Å². The van der Waals surface area contributed by atoms with Gasteiger partial charge in [0.05, 0.1) is 11.1 Å². The molecule has 0 aliphatic rings. The van der Waals surface area contributed by atoms with Crippen molar-refractivity contribution in [2.75, 3.05) is 14.1 Å². The molecule has 1 aromatic rings. The highest BCUT2D eigenvalue weighted by atomic mass is 16.6. The highest BCUT2D eigenvalue weighted by Gasteiger charge is 2.24. The number of carbonyl (C=O) groups is 2. The summed E-state index contributed by atoms with van der Waals surface area (Å²) in [6.45, 7) is 0. The first-order valence-electron chi connectivity index (χ1n) is 5.35. The van der Waals surface area contributed by atoms with E-state index in [9.17, 15) is 19.7 Å². The van der Waals surface area contributed by atoms with Gasteiger partial charge in [0.2, 0.25) is 0 Å². The molecule has 7 nitrogen and oxygen atoms in total. The average molecular weight is 263 g/mol. The monoisotopic (exact) mass is 263 g/mol. The molecule has 0 radical (unpaired) electrons. The fourth-order valence-electron chi connectivity index (χ4n) is 1.26. The van der Waals surface area contributed by atoms with E-state index in [4.69, 9.17) is 0 Å². The van der Waals surface area contributed by atoms with E-state index in [1.807, 2.05) is 5.32 Å². The number of carbonyl (C=O) groups excluding carboxylic acids is 2. The number of hydrogen-bond acceptors (Lipinski definition) is 5. The van der Waals surface area contributed by atoms with E-state index in [2.05, 4.69) is 0 Å². The van der Waals surface area contributed by atoms with Crippen molar-refractivity contribution in [1.82, 2.24) is 10.2 Å². The number of amides is 2. The van der Waals surface area contributed by atoms with Crippen LogP contribution in [0, 0.1) is 10.1 Å². The lowest BCUT2D eigenvalue weighted by atomic mass is 10.2. The molecule has 100 valence electrons. The smallest absolute Gasteiger partial charge is 0.349 e. The van der Waals surface area contributed by atoms with Crippen molar-refractivity contribution < 1.29 is 14.5 Å². The Balaban J connectivity index is 2.84. The third-order valence-corrected chi connectivity index (χ3v) is 2.07. The molecule has 0 fully saturated rings. The predicted octanol–water partition coefficient (Wildman–Crippen LogP) is 0.623. The summed E-state index contributed by atoms with van der Waals surface area (Å²) in [5.41, 5.74) is -0.447. The summed E-state index contributed by atoms with van der Waals surface area (Å²) < 4.78 is 0. The number of imide groups is 1. The SMILES string of the molecule is CN(C)/C=C(/C(=O)NC(=O)c1ccccc1)[N+](=O)[O-]. The third-order valence-electron chi connectivity index (χ3n) is 2.07. The average Bonchev–Trinajstić information content (AvgIpc) is 2.36. The number of nitrogens with one attached hydrogen (secondary N) is 1. The van der Waals surface area contributed by atoms with Gasteiger partial charge >= 0.3 is 11.6 Å². The Morgan fingerprint density at radius 1 is 1.26 bits per heavy atom. The number of rotatable bonds is 4. The number of nitro groups is 1. The van der Waals surface area contributed by atoms with Crippen LogP contribution in [-0.4, -0.2) is 35.7 Å². The number of benzene rings is 1. The van der Waals surface area contributed by atoms with E-state index in [-0.39, 0.29) is 5.56 Å². The Kier molecular flexibility index (Phi) is 4.76. The molecule has 2 amide bonds. The van der Waals surface area contributed by atoms with Gasteiger partial charge in [-0.15, -0.1) is 0 Å². The van der Waals surface area contributed by atoms with E-state index in [0.717, 1.165) is 6.20 Å². The molecule has 0 bridgehead atoms. The second-order valence-corrected chi connectivity index (χ2v) is 3.88. The molecule has 0 saturated heterocycles. The van der Waals surface area contributed by atoms with Gasteiger partial charge in [-0.25, -0.2) is 0 Å². The van der Waals surface area contributed by atoms with Gasteiger partial charge in [-0.05, 0) is 12.1 Å². The molecule has 0 aromatic heterocycles. The maximum atomic E-state index is 11.7. The van der Waals surface area contributed by atoms with Crippen LogP contribution in [0.25, 0.3) is 0 Å². The fraction of sp³-hybridized carbons (Fsp3) is 0.167. The van der Waals surface area contributed by atoms with Crippen LogP contribution in [0.3, 0.4) is 0 Å². The highest BCUT2D eigenvalue weighted by Crippen LogP contribution is 2.01. The topological polar surface area (TPSA) is 92.6 Å². The van der Waals surface area contributed by atoms with Crippen molar-refractivity contribution in [3.8, 4) is 0 Å². The van der Waals surface area contributed by atoms with Crippen LogP contribution in [0.15, 0.2) is 42.2 Å². The Morgan fingerprint density at radius 3 is 2.32 bits per heavy atom. The Bertz CT molecular complexity index is 523. The zero-order valence-corrected chi connectivity index (χ0v) is 10.5. The van der Waals surface area contributed by atoms with Crippen LogP contribution >= 0.6 is 0 Å². The largest absolute Gasteiger partial charge is 0.378 e. The maximum absolute atomic E-state index is 11.7. The maximum Gasteiger partial charge on any atom is 0.349 e. The first kappa shape index (κ1) is 14.4. The summed E-state index contributed by atoms with van der Waals surface area (Å²) in [7, 11) is 3.07. The lowest BCUT2D eigenvalue weighted by Crippen LogP contribution is -2.34. The molecule has 0 saturated carbocycles. The lowest BCUT2D eigenvalue weighted by molar-refractivity contribution is -0.419. The van der Waals surface area contributed by atoms with Crippen molar-refractivity contribution >= 4 is 11.8 Å². The summed E-state index contributed by atoms with van der Waals surface area (Å²) >= 11 is 0. The molecule has 0 aliphatic heterocycles. The van der Waals surface area contributed by atoms with Crippen molar-refractivity contribution in [1.29, 1.82) is 0 Å². The van der Waals surface area contributed by atoms with E-state index >= 15 is 0 Å². The van der Waals surface area contributed by atoms with Gasteiger partial charge in [-0.1, -0.05) is 18.2 Å². The quantitative estimate of drug-likeness (QED) is 0.488. The molecule has 1 N–H and O–H groups in total. The van der Waals surface area contributed by atoms with Crippen LogP contribution in [0.4, 0.5) is 0 Å². The first-order valence-corrected chi connectivity index (χ1v) is 5.35. The first-order chi connectivity index (χ1) is 8.91. The summed E-state index contributed by atoms with van der Waals surface area (Å²) in [5.74, 6) is -1.73. The predicted molar refractivity (Wildman–Crippen MR) is 67.7 cm³/mol. The lowest BCUT2D eigenvalue weighted by Gasteiger charge is -2.06. The Hall–Kier alpha value is -2.70. The molecule has 1 aromatic carbocycles. The second-order valence-electron chi connectivity index (χ2n) is 3.88. The Morgan fingerprint density at radius 2 is 1.84 bits per heavy atom. The van der Waals surface area contributed by atoms with Crippen LogP contribution in [0.1, 0.15) is 10.4 Å². The minimum Gasteiger partial charge on any atom is -0.378 e. The van der Waals surface area contributed by atoms with Crippen LogP contribution < -0.4 is 5.32 Å². The van der Waals surface area contributed by atoms with E-state index < -0.39 is 22.4 Å². The molecule has 0 unspecified atom stereocenters. The summed E-state index contributed by atoms with van der Waals surface area (Å²) in [6.07, 6.45) is 1.04. The molecule has 7 heteroatoms. The van der Waals surface area contributed by atoms with Gasteiger partial charge in [0.25, 0.3) is 5.91 Å². The third kappa shape index (κ3) is 4.23. The standard InChI is InChI=1S/C12H13N3O4/c1-14(2)8-10(15(18)19)12(17)13-11(16)9-6-4-3-5-7-9/h3-8H,1-2H3,(H,13,16,17)/b10-8-. The zero-order valence-electron chi connectivity index (χ0n) is 10.5. The molecule has 0 aliphatic carbocycles. The van der Waals surface area contributed by atoms with Gasteiger partial charge in [0, 0.05) is 19.7 Å². The number of nitrogens with zero attached hydrogens (tertiary/aromatic N) is 2. The van der Waals surface area contributed by atoms with Crippen LogP contribution in [0.2, 0.25) is 0 Å². The second kappa shape index (κ2) is 6.29. The van der Waals surface area contributed by atoms with Crippen molar-refractivity contribution in [3.63, 3.8) is 0 Å². The molecule has 19 heavy (non-hydrogen) atoms. The molecule has 1 rings (SSSR count). The highest BCUT2D eigenvalue weighted by molar-refractivity contribution is 6.09. The molecule has 0 atom stereocenters. The van der Waals surface area contributed by atoms with Crippen molar-refractivity contribution in [3.05, 3.63) is 57.9 Å².